The Morgan fingerprint density at radius 2 is 1.80 bits per heavy atom. The molecule has 0 aliphatic carbocycles. The quantitative estimate of drug-likeness (QED) is 0.300. The van der Waals surface area contributed by atoms with Crippen LogP contribution in [0.2, 0.25) is 0 Å². The topological polar surface area (TPSA) is 76.1 Å². The molecule has 0 aliphatic rings. The summed E-state index contributed by atoms with van der Waals surface area (Å²) in [6, 6.07) is 10.2. The first kappa shape index (κ1) is 20.3. The molecule has 2 aromatic heterocycles. The van der Waals surface area contributed by atoms with E-state index in [0.717, 1.165) is 11.8 Å². The lowest BCUT2D eigenvalue weighted by Crippen LogP contribution is -2.01. The molecular weight excluding hydrogens is 512 g/mol. The Morgan fingerprint density at radius 1 is 0.967 bits per heavy atom. The van der Waals surface area contributed by atoms with Gasteiger partial charge in [-0.25, -0.2) is 13.2 Å². The number of nitrogens with one attached hydrogen (secondary N) is 2. The van der Waals surface area contributed by atoms with Crippen molar-refractivity contribution in [1.82, 2.24) is 10.2 Å². The molecule has 4 aromatic rings. The fourth-order valence-corrected chi connectivity index (χ4v) is 3.18. The van der Waals surface area contributed by atoms with Gasteiger partial charge in [0.25, 0.3) is 5.89 Å². The summed E-state index contributed by atoms with van der Waals surface area (Å²) in [5.74, 6) is -1.55. The maximum absolute atomic E-state index is 14.5. The molecule has 0 fully saturated rings. The number of nitrogens with zero attached hydrogens (tertiary/aromatic N) is 2. The van der Waals surface area contributed by atoms with Crippen molar-refractivity contribution in [3.8, 4) is 11.5 Å². The van der Waals surface area contributed by atoms with Crippen molar-refractivity contribution in [2.75, 3.05) is 10.6 Å². The molecule has 10 heteroatoms. The number of hydrogen-bond donors (Lipinski definition) is 2. The normalized spacial score (nSPS) is 11.0. The van der Waals surface area contributed by atoms with Crippen LogP contribution in [0.4, 0.5) is 30.6 Å². The van der Waals surface area contributed by atoms with Gasteiger partial charge < -0.3 is 19.5 Å². The van der Waals surface area contributed by atoms with Gasteiger partial charge in [-0.2, -0.15) is 0 Å². The number of furan rings is 1. The maximum atomic E-state index is 14.5. The van der Waals surface area contributed by atoms with E-state index in [4.69, 9.17) is 8.83 Å². The first-order valence-corrected chi connectivity index (χ1v) is 9.81. The molecule has 0 saturated carbocycles. The van der Waals surface area contributed by atoms with Gasteiger partial charge in [0.2, 0.25) is 0 Å². The summed E-state index contributed by atoms with van der Waals surface area (Å²) in [5, 5.41) is 13.2. The highest BCUT2D eigenvalue weighted by molar-refractivity contribution is 14.1. The van der Waals surface area contributed by atoms with Gasteiger partial charge in [0.15, 0.2) is 11.6 Å². The van der Waals surface area contributed by atoms with Gasteiger partial charge in [0.1, 0.15) is 17.3 Å². The van der Waals surface area contributed by atoms with Gasteiger partial charge in [0, 0.05) is 3.57 Å². The third-order valence-corrected chi connectivity index (χ3v) is 4.82. The van der Waals surface area contributed by atoms with Gasteiger partial charge in [-0.1, -0.05) is 5.10 Å². The largest absolute Gasteiger partial charge is 0.465 e. The van der Waals surface area contributed by atoms with E-state index < -0.39 is 17.5 Å². The highest BCUT2D eigenvalue weighted by Gasteiger charge is 2.20. The standard InChI is InChI=1S/C20H14F3IN4O2/c1-10-2-4-12(29-10)9-25-20-28-27-19(30-20)13-5-6-14(21)17(23)18(13)26-16-7-3-11(24)8-15(16)22/h2-8,26H,9H2,1H3,(H,25,28). The number of aromatic nitrogens is 2. The fourth-order valence-electron chi connectivity index (χ4n) is 2.72. The number of halogens is 4. The zero-order chi connectivity index (χ0) is 21.3. The fraction of sp³-hybridized carbons (Fsp3) is 0.100. The van der Waals surface area contributed by atoms with Crippen LogP contribution in [-0.4, -0.2) is 10.2 Å². The molecule has 0 aliphatic heterocycles. The van der Waals surface area contributed by atoms with Crippen LogP contribution in [-0.2, 0) is 6.54 Å². The van der Waals surface area contributed by atoms with Gasteiger partial charge in [-0.3, -0.25) is 0 Å². The van der Waals surface area contributed by atoms with Gasteiger partial charge >= 0.3 is 6.01 Å². The second-order valence-electron chi connectivity index (χ2n) is 6.31. The summed E-state index contributed by atoms with van der Waals surface area (Å²) < 4.78 is 54.2. The van der Waals surface area contributed by atoms with E-state index in [-0.39, 0.29) is 28.8 Å². The van der Waals surface area contributed by atoms with Crippen molar-refractivity contribution in [3.05, 3.63) is 75.0 Å². The van der Waals surface area contributed by atoms with E-state index >= 15 is 0 Å². The SMILES string of the molecule is Cc1ccc(CNc2nnc(-c3ccc(F)c(F)c3Nc3ccc(I)cc3F)o2)o1. The zero-order valence-corrected chi connectivity index (χ0v) is 17.6. The molecule has 2 N–H and O–H groups in total. The second kappa shape index (κ2) is 8.38. The molecule has 0 spiro atoms. The van der Waals surface area contributed by atoms with E-state index in [1.165, 1.54) is 18.2 Å². The lowest BCUT2D eigenvalue weighted by molar-refractivity contribution is 0.486. The number of rotatable bonds is 6. The van der Waals surface area contributed by atoms with Gasteiger partial charge in [-0.15, -0.1) is 5.10 Å². The molecular formula is C20H14F3IN4O2. The van der Waals surface area contributed by atoms with Crippen molar-refractivity contribution in [3.63, 3.8) is 0 Å². The average Bonchev–Trinajstić information content (AvgIpc) is 3.34. The second-order valence-corrected chi connectivity index (χ2v) is 7.56. The van der Waals surface area contributed by atoms with Crippen molar-refractivity contribution in [2.45, 2.75) is 13.5 Å². The van der Waals surface area contributed by atoms with Crippen LogP contribution in [0, 0.1) is 27.9 Å². The molecule has 0 amide bonds. The lowest BCUT2D eigenvalue weighted by Gasteiger charge is -2.12. The predicted molar refractivity (Wildman–Crippen MR) is 113 cm³/mol. The first-order valence-electron chi connectivity index (χ1n) is 8.74. The Bertz CT molecular complexity index is 1210. The Labute approximate surface area is 182 Å². The first-order chi connectivity index (χ1) is 14.4. The number of anilines is 3. The smallest absolute Gasteiger partial charge is 0.316 e. The molecule has 2 aromatic carbocycles. The van der Waals surface area contributed by atoms with E-state index in [9.17, 15) is 13.2 Å². The van der Waals surface area contributed by atoms with E-state index in [0.29, 0.717) is 15.9 Å². The third-order valence-electron chi connectivity index (χ3n) is 4.15. The predicted octanol–water partition coefficient (Wildman–Crippen LogP) is 6.02. The summed E-state index contributed by atoms with van der Waals surface area (Å²) in [4.78, 5) is 0. The van der Waals surface area contributed by atoms with Gasteiger partial charge in [0.05, 0.1) is 23.5 Å². The Morgan fingerprint density at radius 3 is 2.53 bits per heavy atom. The van der Waals surface area contributed by atoms with Crippen LogP contribution in [0.15, 0.2) is 51.3 Å². The highest BCUT2D eigenvalue weighted by Crippen LogP contribution is 2.34. The van der Waals surface area contributed by atoms with Crippen LogP contribution in [0.25, 0.3) is 11.5 Å². The molecule has 6 nitrogen and oxygen atoms in total. The number of aryl methyl sites for hydroxylation is 1. The van der Waals surface area contributed by atoms with Crippen molar-refractivity contribution in [1.29, 1.82) is 0 Å². The zero-order valence-electron chi connectivity index (χ0n) is 15.5. The van der Waals surface area contributed by atoms with Crippen molar-refractivity contribution in [2.24, 2.45) is 0 Å². The molecule has 0 radical (unpaired) electrons. The third kappa shape index (κ3) is 4.27. The van der Waals surface area contributed by atoms with Crippen LogP contribution >= 0.6 is 22.6 Å². The minimum Gasteiger partial charge on any atom is -0.465 e. The average molecular weight is 526 g/mol. The van der Waals surface area contributed by atoms with Gasteiger partial charge in [-0.05, 0) is 72.0 Å². The van der Waals surface area contributed by atoms with E-state index in [2.05, 4.69) is 20.8 Å². The summed E-state index contributed by atoms with van der Waals surface area (Å²) in [6.07, 6.45) is 0. The van der Waals surface area contributed by atoms with Crippen LogP contribution in [0.3, 0.4) is 0 Å². The van der Waals surface area contributed by atoms with E-state index in [1.54, 1.807) is 12.1 Å². The van der Waals surface area contributed by atoms with Crippen molar-refractivity contribution >= 4 is 40.0 Å². The Hall–Kier alpha value is -3.02. The lowest BCUT2D eigenvalue weighted by atomic mass is 10.1. The minimum absolute atomic E-state index is 0.0211. The molecule has 4 rings (SSSR count). The summed E-state index contributed by atoms with van der Waals surface area (Å²) in [7, 11) is 0. The van der Waals surface area contributed by atoms with Crippen LogP contribution in [0.1, 0.15) is 11.5 Å². The highest BCUT2D eigenvalue weighted by atomic mass is 127. The molecule has 0 unspecified atom stereocenters. The Kier molecular flexibility index (Phi) is 5.66. The summed E-state index contributed by atoms with van der Waals surface area (Å²) in [6.45, 7) is 2.12. The molecule has 0 saturated heterocycles. The monoisotopic (exact) mass is 526 g/mol. The Balaban J connectivity index is 1.62. The van der Waals surface area contributed by atoms with E-state index in [1.807, 2.05) is 35.6 Å². The molecule has 0 atom stereocenters. The number of benzene rings is 2. The summed E-state index contributed by atoms with van der Waals surface area (Å²) >= 11 is 1.95. The minimum atomic E-state index is -1.19. The summed E-state index contributed by atoms with van der Waals surface area (Å²) in [5.41, 5.74) is -0.250. The van der Waals surface area contributed by atoms with Crippen LogP contribution < -0.4 is 10.6 Å². The molecule has 0 bridgehead atoms. The number of hydrogen-bond acceptors (Lipinski definition) is 6. The van der Waals surface area contributed by atoms with Crippen molar-refractivity contribution < 1.29 is 22.0 Å². The molecule has 30 heavy (non-hydrogen) atoms. The maximum Gasteiger partial charge on any atom is 0.316 e. The molecule has 154 valence electrons. The van der Waals surface area contributed by atoms with Crippen LogP contribution in [0.5, 0.6) is 0 Å². The molecule has 2 heterocycles.